The number of hydrogen-bond donors (Lipinski definition) is 3. The van der Waals surface area contributed by atoms with Gasteiger partial charge in [-0.05, 0) is 55.5 Å². The van der Waals surface area contributed by atoms with Gasteiger partial charge in [0, 0.05) is 24.5 Å². The lowest BCUT2D eigenvalue weighted by molar-refractivity contribution is -0.117. The van der Waals surface area contributed by atoms with Gasteiger partial charge in [-0.15, -0.1) is 12.4 Å². The first-order valence-corrected chi connectivity index (χ1v) is 10.2. The molecule has 1 aromatic rings. The Bertz CT molecular complexity index is 563. The Hall–Kier alpha value is -1.44. The number of hydrogen-bond acceptors (Lipinski definition) is 4. The van der Waals surface area contributed by atoms with Gasteiger partial charge in [-0.3, -0.25) is 4.79 Å². The van der Waals surface area contributed by atoms with Gasteiger partial charge in [-0.1, -0.05) is 12.8 Å². The number of amides is 3. The van der Waals surface area contributed by atoms with E-state index < -0.39 is 6.04 Å². The van der Waals surface area contributed by atoms with Crippen molar-refractivity contribution < 1.29 is 9.59 Å². The van der Waals surface area contributed by atoms with E-state index >= 15 is 0 Å². The van der Waals surface area contributed by atoms with E-state index in [0.29, 0.717) is 12.1 Å². The summed E-state index contributed by atoms with van der Waals surface area (Å²) < 4.78 is 0. The summed E-state index contributed by atoms with van der Waals surface area (Å²) in [5.41, 5.74) is 7.25. The summed E-state index contributed by atoms with van der Waals surface area (Å²) in [6.45, 7) is 1.63. The lowest BCUT2D eigenvalue weighted by atomic mass is 10.2. The zero-order valence-electron chi connectivity index (χ0n) is 15.2. The zero-order valence-corrected chi connectivity index (χ0v) is 16.8. The van der Waals surface area contributed by atoms with Gasteiger partial charge in [-0.2, -0.15) is 11.8 Å². The molecule has 0 radical (unpaired) electrons. The molecular formula is C18H29ClN4O2S. The summed E-state index contributed by atoms with van der Waals surface area (Å²) in [5.74, 6) is 0.672. The monoisotopic (exact) mass is 400 g/mol. The average Bonchev–Trinajstić information content (AvgIpc) is 2.90. The SMILES string of the molecule is CSCC[C@H](N)C(=O)Nc1ccc(NC(=O)N2CCCCCC2)cc1.Cl. The summed E-state index contributed by atoms with van der Waals surface area (Å²) in [6.07, 6.45) is 7.15. The smallest absolute Gasteiger partial charge is 0.321 e. The summed E-state index contributed by atoms with van der Waals surface area (Å²) in [7, 11) is 0. The molecule has 1 aromatic carbocycles. The van der Waals surface area contributed by atoms with Crippen molar-refractivity contribution in [3.8, 4) is 0 Å². The van der Waals surface area contributed by atoms with Gasteiger partial charge in [0.15, 0.2) is 0 Å². The molecule has 0 bridgehead atoms. The molecule has 8 heteroatoms. The lowest BCUT2D eigenvalue weighted by Crippen LogP contribution is -2.36. The van der Waals surface area contributed by atoms with E-state index in [9.17, 15) is 9.59 Å². The number of likely N-dealkylation sites (tertiary alicyclic amines) is 1. The van der Waals surface area contributed by atoms with Crippen molar-refractivity contribution in [3.05, 3.63) is 24.3 Å². The molecule has 26 heavy (non-hydrogen) atoms. The van der Waals surface area contributed by atoms with Gasteiger partial charge in [0.25, 0.3) is 0 Å². The van der Waals surface area contributed by atoms with Gasteiger partial charge in [0.05, 0.1) is 6.04 Å². The summed E-state index contributed by atoms with van der Waals surface area (Å²) in [4.78, 5) is 26.2. The number of anilines is 2. The number of carbonyl (C=O) groups excluding carboxylic acids is 2. The molecule has 1 aliphatic rings. The highest BCUT2D eigenvalue weighted by Gasteiger charge is 2.16. The van der Waals surface area contributed by atoms with E-state index in [1.54, 1.807) is 36.0 Å². The van der Waals surface area contributed by atoms with Crippen molar-refractivity contribution in [3.63, 3.8) is 0 Å². The fraction of sp³-hybridized carbons (Fsp3) is 0.556. The predicted octanol–water partition coefficient (Wildman–Crippen LogP) is 3.54. The minimum Gasteiger partial charge on any atom is -0.325 e. The first kappa shape index (κ1) is 22.6. The van der Waals surface area contributed by atoms with Crippen LogP contribution in [0, 0.1) is 0 Å². The lowest BCUT2D eigenvalue weighted by Gasteiger charge is -2.20. The molecule has 146 valence electrons. The second kappa shape index (κ2) is 12.0. The fourth-order valence-electron chi connectivity index (χ4n) is 2.72. The van der Waals surface area contributed by atoms with Crippen LogP contribution in [-0.4, -0.2) is 48.0 Å². The molecule has 3 amide bonds. The Morgan fingerprint density at radius 1 is 1.08 bits per heavy atom. The number of nitrogens with two attached hydrogens (primary N) is 1. The highest BCUT2D eigenvalue weighted by Crippen LogP contribution is 2.16. The predicted molar refractivity (Wildman–Crippen MR) is 112 cm³/mol. The molecule has 2 rings (SSSR count). The van der Waals surface area contributed by atoms with Crippen molar-refractivity contribution in [2.75, 3.05) is 35.7 Å². The van der Waals surface area contributed by atoms with Crippen LogP contribution in [0.1, 0.15) is 32.1 Å². The number of rotatable bonds is 6. The number of nitrogens with one attached hydrogen (secondary N) is 2. The van der Waals surface area contributed by atoms with Gasteiger partial charge in [0.2, 0.25) is 5.91 Å². The fourth-order valence-corrected chi connectivity index (χ4v) is 3.21. The second-order valence-corrected chi connectivity index (χ2v) is 7.27. The maximum absolute atomic E-state index is 12.3. The maximum atomic E-state index is 12.3. The van der Waals surface area contributed by atoms with Crippen molar-refractivity contribution >= 4 is 47.5 Å². The molecule has 0 spiro atoms. The summed E-state index contributed by atoms with van der Waals surface area (Å²) in [6, 6.07) is 6.57. The second-order valence-electron chi connectivity index (χ2n) is 6.29. The number of thioether (sulfide) groups is 1. The highest BCUT2D eigenvalue weighted by atomic mass is 35.5. The highest BCUT2D eigenvalue weighted by molar-refractivity contribution is 7.98. The molecule has 1 fully saturated rings. The van der Waals surface area contributed by atoms with Crippen LogP contribution in [0.4, 0.5) is 16.2 Å². The molecule has 0 saturated carbocycles. The van der Waals surface area contributed by atoms with E-state index in [0.717, 1.165) is 37.4 Å². The molecule has 1 saturated heterocycles. The van der Waals surface area contributed by atoms with Crippen molar-refractivity contribution in [2.45, 2.75) is 38.1 Å². The number of nitrogens with zero attached hydrogens (tertiary/aromatic N) is 1. The zero-order chi connectivity index (χ0) is 18.1. The third-order valence-electron chi connectivity index (χ3n) is 4.27. The van der Waals surface area contributed by atoms with Crippen LogP contribution in [0.15, 0.2) is 24.3 Å². The number of urea groups is 1. The van der Waals surface area contributed by atoms with Gasteiger partial charge >= 0.3 is 6.03 Å². The Balaban J connectivity index is 0.00000338. The number of benzene rings is 1. The average molecular weight is 401 g/mol. The van der Waals surface area contributed by atoms with Crippen LogP contribution in [0.2, 0.25) is 0 Å². The first-order valence-electron chi connectivity index (χ1n) is 8.81. The Kier molecular flexibility index (Phi) is 10.5. The van der Waals surface area contributed by atoms with Crippen molar-refractivity contribution in [2.24, 2.45) is 5.73 Å². The third kappa shape index (κ3) is 7.43. The van der Waals surface area contributed by atoms with Crippen LogP contribution >= 0.6 is 24.2 Å². The van der Waals surface area contributed by atoms with Gasteiger partial charge in [0.1, 0.15) is 0 Å². The summed E-state index contributed by atoms with van der Waals surface area (Å²) in [5, 5.41) is 5.72. The largest absolute Gasteiger partial charge is 0.325 e. The van der Waals surface area contributed by atoms with Gasteiger partial charge < -0.3 is 21.3 Å². The summed E-state index contributed by atoms with van der Waals surface area (Å²) >= 11 is 1.67. The first-order chi connectivity index (χ1) is 12.1. The van der Waals surface area contributed by atoms with Crippen LogP contribution in [-0.2, 0) is 4.79 Å². The molecule has 1 aliphatic heterocycles. The molecule has 0 aromatic heterocycles. The van der Waals surface area contributed by atoms with Crippen molar-refractivity contribution in [1.82, 2.24) is 4.90 Å². The normalized spacial score (nSPS) is 15.4. The van der Waals surface area contributed by atoms with E-state index in [2.05, 4.69) is 10.6 Å². The van der Waals surface area contributed by atoms with Crippen LogP contribution in [0.25, 0.3) is 0 Å². The van der Waals surface area contributed by atoms with E-state index in [1.165, 1.54) is 12.8 Å². The van der Waals surface area contributed by atoms with Crippen LogP contribution in [0.3, 0.4) is 0 Å². The van der Waals surface area contributed by atoms with Gasteiger partial charge in [-0.25, -0.2) is 4.79 Å². The quantitative estimate of drug-likeness (QED) is 0.681. The van der Waals surface area contributed by atoms with Crippen molar-refractivity contribution in [1.29, 1.82) is 0 Å². The third-order valence-corrected chi connectivity index (χ3v) is 4.91. The topological polar surface area (TPSA) is 87.5 Å². The Morgan fingerprint density at radius 3 is 2.15 bits per heavy atom. The maximum Gasteiger partial charge on any atom is 0.321 e. The molecule has 1 heterocycles. The van der Waals surface area contributed by atoms with E-state index in [4.69, 9.17) is 5.73 Å². The number of carbonyl (C=O) groups is 2. The van der Waals surface area contributed by atoms with E-state index in [-0.39, 0.29) is 24.3 Å². The minimum atomic E-state index is -0.505. The molecule has 6 nitrogen and oxygen atoms in total. The molecular weight excluding hydrogens is 372 g/mol. The van der Waals surface area contributed by atoms with Crippen LogP contribution in [0.5, 0.6) is 0 Å². The van der Waals surface area contributed by atoms with E-state index in [1.807, 2.05) is 11.2 Å². The molecule has 0 unspecified atom stereocenters. The number of halogens is 1. The Morgan fingerprint density at radius 2 is 1.62 bits per heavy atom. The minimum absolute atomic E-state index is 0. The molecule has 0 aliphatic carbocycles. The Labute approximate surface area is 166 Å². The molecule has 1 atom stereocenters. The standard InChI is InChI=1S/C18H28N4O2S.ClH/c1-25-13-10-16(19)17(23)20-14-6-8-15(9-7-14)21-18(24)22-11-4-2-3-5-12-22;/h6-9,16H,2-5,10-13,19H2,1H3,(H,20,23)(H,21,24);1H/t16-;/m0./s1. The van der Waals surface area contributed by atoms with Crippen LogP contribution < -0.4 is 16.4 Å². The molecule has 4 N–H and O–H groups in total.